The Morgan fingerprint density at radius 3 is 2.70 bits per heavy atom. The van der Waals surface area contributed by atoms with Gasteiger partial charge in [-0.05, 0) is 36.2 Å². The Labute approximate surface area is 135 Å². The summed E-state index contributed by atoms with van der Waals surface area (Å²) in [6.07, 6.45) is 0. The zero-order valence-corrected chi connectivity index (χ0v) is 13.8. The van der Waals surface area contributed by atoms with Gasteiger partial charge in [0.05, 0.1) is 11.2 Å². The van der Waals surface area contributed by atoms with E-state index in [0.717, 1.165) is 15.6 Å². The highest BCUT2D eigenvalue weighted by atomic mass is 32.1. The maximum absolute atomic E-state index is 12.3. The second-order valence-electron chi connectivity index (χ2n) is 5.47. The molecule has 0 radical (unpaired) electrons. The largest absolute Gasteiger partial charge is 0.331 e. The number of Topliss-reactive ketones (excluding diaryl/α,β-unsaturated/α-hetero) is 1. The van der Waals surface area contributed by atoms with Crippen LogP contribution < -0.4 is 11.2 Å². The van der Waals surface area contributed by atoms with Crippen LogP contribution in [0, 0.1) is 6.92 Å². The van der Waals surface area contributed by atoms with Crippen LogP contribution in [0.15, 0.2) is 33.9 Å². The molecule has 1 aromatic carbocycles. The average Bonchev–Trinajstić information content (AvgIpc) is 2.92. The first-order chi connectivity index (χ1) is 10.9. The number of carbonyl (C=O) groups is 1. The number of carbonyl (C=O) groups excluding carboxylic acids is 1. The van der Waals surface area contributed by atoms with Crippen molar-refractivity contribution in [2.75, 3.05) is 0 Å². The Bertz CT molecular complexity index is 1040. The van der Waals surface area contributed by atoms with Crippen molar-refractivity contribution in [1.29, 1.82) is 0 Å². The molecule has 2 aromatic heterocycles. The molecule has 7 heteroatoms. The lowest BCUT2D eigenvalue weighted by Crippen LogP contribution is -2.39. The minimum absolute atomic E-state index is 0.100. The molecule has 0 spiro atoms. The molecule has 0 saturated carbocycles. The summed E-state index contributed by atoms with van der Waals surface area (Å²) in [4.78, 5) is 36.0. The molecule has 0 saturated heterocycles. The molecule has 0 aliphatic heterocycles. The number of nitrogens with zero attached hydrogens (tertiary/aromatic N) is 3. The molecule has 3 rings (SSSR count). The number of hydrogen-bond donors (Lipinski definition) is 0. The van der Waals surface area contributed by atoms with Gasteiger partial charge in [0.25, 0.3) is 5.56 Å². The molecular weight excluding hydrogens is 314 g/mol. The summed E-state index contributed by atoms with van der Waals surface area (Å²) in [6.45, 7) is 3.35. The Hall–Kier alpha value is -2.54. The van der Waals surface area contributed by atoms with E-state index in [1.807, 2.05) is 18.2 Å². The number of rotatable bonds is 3. The molecule has 0 amide bonds. The van der Waals surface area contributed by atoms with E-state index >= 15 is 0 Å². The summed E-state index contributed by atoms with van der Waals surface area (Å²) < 4.78 is 7.69. The molecule has 0 bridgehead atoms. The second-order valence-corrected chi connectivity index (χ2v) is 6.27. The van der Waals surface area contributed by atoms with Crippen LogP contribution in [0.1, 0.15) is 28.7 Å². The Morgan fingerprint density at radius 1 is 1.26 bits per heavy atom. The van der Waals surface area contributed by atoms with E-state index in [0.29, 0.717) is 11.4 Å². The first-order valence-corrected chi connectivity index (χ1v) is 7.82. The molecule has 0 fully saturated rings. The quantitative estimate of drug-likeness (QED) is 0.686. The van der Waals surface area contributed by atoms with Crippen LogP contribution in [0.4, 0.5) is 0 Å². The van der Waals surface area contributed by atoms with Gasteiger partial charge in [-0.15, -0.1) is 0 Å². The van der Waals surface area contributed by atoms with Crippen molar-refractivity contribution < 1.29 is 4.79 Å². The van der Waals surface area contributed by atoms with Crippen LogP contribution in [0.3, 0.4) is 0 Å². The number of benzene rings is 1. The minimum Gasteiger partial charge on any atom is -0.301 e. The van der Waals surface area contributed by atoms with Crippen LogP contribution in [-0.4, -0.2) is 19.3 Å². The van der Waals surface area contributed by atoms with Crippen molar-refractivity contribution in [2.45, 2.75) is 20.4 Å². The van der Waals surface area contributed by atoms with Gasteiger partial charge in [0, 0.05) is 31.1 Å². The van der Waals surface area contributed by atoms with E-state index in [1.165, 1.54) is 33.7 Å². The van der Waals surface area contributed by atoms with Gasteiger partial charge >= 0.3 is 5.69 Å². The first-order valence-electron chi connectivity index (χ1n) is 7.05. The molecule has 23 heavy (non-hydrogen) atoms. The lowest BCUT2D eigenvalue weighted by Gasteiger charge is -2.09. The predicted octanol–water partition coefficient (Wildman–Crippen LogP) is 1.72. The molecule has 118 valence electrons. The summed E-state index contributed by atoms with van der Waals surface area (Å²) in [7, 11) is 1.63. The average molecular weight is 329 g/mol. The van der Waals surface area contributed by atoms with E-state index in [4.69, 9.17) is 0 Å². The topological polar surface area (TPSA) is 74.0 Å². The standard InChI is InChI=1S/C16H15N3O3S/c1-9-6-14(21)19(16(22)18(9)3)8-11-4-5-13-12(7-11)15(10(2)20)17-23-13/h4-7H,8H2,1-3H3. The Balaban J connectivity index is 2.11. The molecule has 0 aliphatic rings. The third kappa shape index (κ3) is 2.63. The third-order valence-electron chi connectivity index (χ3n) is 3.85. The van der Waals surface area contributed by atoms with E-state index in [2.05, 4.69) is 4.37 Å². The van der Waals surface area contributed by atoms with E-state index in [1.54, 1.807) is 14.0 Å². The highest BCUT2D eigenvalue weighted by molar-refractivity contribution is 7.13. The number of hydrogen-bond acceptors (Lipinski definition) is 5. The molecule has 0 unspecified atom stereocenters. The summed E-state index contributed by atoms with van der Waals surface area (Å²) in [5.74, 6) is -0.100. The normalized spacial score (nSPS) is 11.1. The molecule has 3 aromatic rings. The SMILES string of the molecule is CC(=O)c1nsc2ccc(Cn3c(=O)cc(C)n(C)c3=O)cc12. The van der Waals surface area contributed by atoms with Crippen molar-refractivity contribution >= 4 is 27.4 Å². The number of aromatic nitrogens is 3. The van der Waals surface area contributed by atoms with Gasteiger partial charge in [0.1, 0.15) is 5.69 Å². The maximum Gasteiger partial charge on any atom is 0.331 e. The summed E-state index contributed by atoms with van der Waals surface area (Å²) in [6, 6.07) is 6.96. The van der Waals surface area contributed by atoms with E-state index in [-0.39, 0.29) is 23.6 Å². The fourth-order valence-electron chi connectivity index (χ4n) is 2.45. The highest BCUT2D eigenvalue weighted by Crippen LogP contribution is 2.24. The van der Waals surface area contributed by atoms with Gasteiger partial charge in [0.15, 0.2) is 5.78 Å². The predicted molar refractivity (Wildman–Crippen MR) is 89.4 cm³/mol. The van der Waals surface area contributed by atoms with Crippen molar-refractivity contribution in [3.05, 3.63) is 62.1 Å². The van der Waals surface area contributed by atoms with E-state index < -0.39 is 0 Å². The highest BCUT2D eigenvalue weighted by Gasteiger charge is 2.12. The zero-order chi connectivity index (χ0) is 16.7. The number of aryl methyl sites for hydroxylation is 1. The first kappa shape index (κ1) is 15.4. The van der Waals surface area contributed by atoms with Crippen molar-refractivity contribution in [3.8, 4) is 0 Å². The summed E-state index contributed by atoms with van der Waals surface area (Å²) in [5, 5.41) is 0.761. The lowest BCUT2D eigenvalue weighted by atomic mass is 10.1. The van der Waals surface area contributed by atoms with Crippen molar-refractivity contribution in [3.63, 3.8) is 0 Å². The molecule has 0 aliphatic carbocycles. The molecule has 6 nitrogen and oxygen atoms in total. The van der Waals surface area contributed by atoms with Crippen molar-refractivity contribution in [1.82, 2.24) is 13.5 Å². The van der Waals surface area contributed by atoms with Gasteiger partial charge in [-0.2, -0.15) is 4.37 Å². The third-order valence-corrected chi connectivity index (χ3v) is 4.68. The van der Waals surface area contributed by atoms with Crippen LogP contribution in [-0.2, 0) is 13.6 Å². The van der Waals surface area contributed by atoms with Gasteiger partial charge in [-0.25, -0.2) is 4.79 Å². The Kier molecular flexibility index (Phi) is 3.73. The van der Waals surface area contributed by atoms with Crippen LogP contribution in [0.5, 0.6) is 0 Å². The van der Waals surface area contributed by atoms with Gasteiger partial charge < -0.3 is 4.57 Å². The van der Waals surface area contributed by atoms with Crippen LogP contribution >= 0.6 is 11.5 Å². The second kappa shape index (κ2) is 5.58. The monoisotopic (exact) mass is 329 g/mol. The molecular formula is C16H15N3O3S. The summed E-state index contributed by atoms with van der Waals surface area (Å²) >= 11 is 1.26. The van der Waals surface area contributed by atoms with Gasteiger partial charge in [0.2, 0.25) is 0 Å². The van der Waals surface area contributed by atoms with Crippen LogP contribution in [0.2, 0.25) is 0 Å². The maximum atomic E-state index is 12.3. The van der Waals surface area contributed by atoms with E-state index in [9.17, 15) is 14.4 Å². The van der Waals surface area contributed by atoms with Gasteiger partial charge in [-0.1, -0.05) is 6.07 Å². The fraction of sp³-hybridized carbons (Fsp3) is 0.250. The number of ketones is 1. The lowest BCUT2D eigenvalue weighted by molar-refractivity contribution is 0.101. The minimum atomic E-state index is -0.356. The zero-order valence-electron chi connectivity index (χ0n) is 13.0. The summed E-state index contributed by atoms with van der Waals surface area (Å²) in [5.41, 5.74) is 1.14. The number of fused-ring (bicyclic) bond motifs is 1. The molecule has 2 heterocycles. The fourth-order valence-corrected chi connectivity index (χ4v) is 3.25. The van der Waals surface area contributed by atoms with Crippen molar-refractivity contribution in [2.24, 2.45) is 7.05 Å². The smallest absolute Gasteiger partial charge is 0.301 e. The molecule has 0 atom stereocenters. The van der Waals surface area contributed by atoms with Gasteiger partial charge in [-0.3, -0.25) is 14.2 Å². The van der Waals surface area contributed by atoms with Crippen LogP contribution in [0.25, 0.3) is 10.1 Å². The Morgan fingerprint density at radius 2 is 2.00 bits per heavy atom. The molecule has 0 N–H and O–H groups in total.